The lowest BCUT2D eigenvalue weighted by Gasteiger charge is -2.24. The van der Waals surface area contributed by atoms with Crippen LogP contribution >= 0.6 is 0 Å². The van der Waals surface area contributed by atoms with Gasteiger partial charge < -0.3 is 15.2 Å². The Labute approximate surface area is 164 Å². The number of halogens is 2. The van der Waals surface area contributed by atoms with E-state index < -0.39 is 23.8 Å². The van der Waals surface area contributed by atoms with Gasteiger partial charge in [0, 0.05) is 25.8 Å². The summed E-state index contributed by atoms with van der Waals surface area (Å²) in [5, 5.41) is 0. The molecule has 0 radical (unpaired) electrons. The number of aromatic amines is 1. The molecular weight excluding hydrogens is 390 g/mol. The Morgan fingerprint density at radius 2 is 2.07 bits per heavy atom. The number of alkyl halides is 2. The lowest BCUT2D eigenvalue weighted by Crippen LogP contribution is -2.42. The van der Waals surface area contributed by atoms with Crippen molar-refractivity contribution in [3.63, 3.8) is 0 Å². The van der Waals surface area contributed by atoms with E-state index in [-0.39, 0.29) is 42.5 Å². The molecule has 0 unspecified atom stereocenters. The molecule has 1 amide bonds. The summed E-state index contributed by atoms with van der Waals surface area (Å²) >= 11 is 0. The van der Waals surface area contributed by atoms with Crippen molar-refractivity contribution in [3.8, 4) is 5.75 Å². The minimum absolute atomic E-state index is 0.00806. The molecule has 1 heterocycles. The van der Waals surface area contributed by atoms with Crippen molar-refractivity contribution < 1.29 is 23.0 Å². The van der Waals surface area contributed by atoms with Gasteiger partial charge in [0.15, 0.2) is 5.69 Å². The summed E-state index contributed by atoms with van der Waals surface area (Å²) in [7, 11) is 1.41. The van der Waals surface area contributed by atoms with Gasteiger partial charge in [-0.15, -0.1) is 0 Å². The van der Waals surface area contributed by atoms with E-state index in [0.717, 1.165) is 15.5 Å². The minimum Gasteiger partial charge on any atom is -0.435 e. The first-order chi connectivity index (χ1) is 13.8. The van der Waals surface area contributed by atoms with E-state index in [1.807, 2.05) is 6.92 Å². The van der Waals surface area contributed by atoms with Gasteiger partial charge in [0.1, 0.15) is 11.6 Å². The number of nitrogens with two attached hydrogens (primary N) is 1. The van der Waals surface area contributed by atoms with Crippen LogP contribution in [0.2, 0.25) is 0 Å². The van der Waals surface area contributed by atoms with E-state index in [4.69, 9.17) is 10.5 Å². The summed E-state index contributed by atoms with van der Waals surface area (Å²) in [4.78, 5) is 40.8. The van der Waals surface area contributed by atoms with E-state index in [2.05, 4.69) is 9.72 Å². The normalized spacial score (nSPS) is 10.9. The standard InChI is InChI=1S/C18H22F2N4O5/c1-3-7-24-14(21)13(15(25)22-18(24)27)23(8-9-28-2)16(26)11-5-4-6-12(10-11)29-17(19)20/h4-6,10,17H,3,7-9,21H2,1-2H3,(H,22,25,27). The summed E-state index contributed by atoms with van der Waals surface area (Å²) in [5.74, 6) is -1.08. The SMILES string of the molecule is CCCn1c(N)c(N(CCOC)C(=O)c2cccc(OC(F)F)c2)c(=O)[nH]c1=O. The van der Waals surface area contributed by atoms with E-state index in [1.54, 1.807) is 0 Å². The number of nitrogens with one attached hydrogen (secondary N) is 1. The highest BCUT2D eigenvalue weighted by molar-refractivity contribution is 6.07. The minimum atomic E-state index is -3.05. The second-order valence-electron chi connectivity index (χ2n) is 6.00. The Kier molecular flexibility index (Phi) is 7.48. The summed E-state index contributed by atoms with van der Waals surface area (Å²) in [5.41, 5.74) is 4.28. The van der Waals surface area contributed by atoms with E-state index in [1.165, 1.54) is 25.3 Å². The first-order valence-corrected chi connectivity index (χ1v) is 8.78. The van der Waals surface area contributed by atoms with Crippen molar-refractivity contribution in [1.29, 1.82) is 0 Å². The lowest BCUT2D eigenvalue weighted by atomic mass is 10.1. The molecule has 0 spiro atoms. The van der Waals surface area contributed by atoms with Crippen molar-refractivity contribution in [3.05, 3.63) is 50.7 Å². The average molecular weight is 412 g/mol. The Balaban J connectivity index is 2.55. The zero-order chi connectivity index (χ0) is 21.6. The zero-order valence-electron chi connectivity index (χ0n) is 16.0. The van der Waals surface area contributed by atoms with Crippen LogP contribution in [0.3, 0.4) is 0 Å². The summed E-state index contributed by atoms with van der Waals surface area (Å²) < 4.78 is 35.4. The number of amides is 1. The maximum absolute atomic E-state index is 13.1. The molecule has 0 fully saturated rings. The van der Waals surface area contributed by atoms with Crippen LogP contribution in [0.1, 0.15) is 23.7 Å². The van der Waals surface area contributed by atoms with Crippen LogP contribution in [0.15, 0.2) is 33.9 Å². The number of ether oxygens (including phenoxy) is 2. The van der Waals surface area contributed by atoms with E-state index in [9.17, 15) is 23.2 Å². The lowest BCUT2D eigenvalue weighted by molar-refractivity contribution is -0.0498. The second kappa shape index (κ2) is 9.82. The highest BCUT2D eigenvalue weighted by atomic mass is 19.3. The predicted molar refractivity (Wildman–Crippen MR) is 103 cm³/mol. The molecule has 0 saturated carbocycles. The molecule has 11 heteroatoms. The van der Waals surface area contributed by atoms with Crippen LogP contribution in [-0.2, 0) is 11.3 Å². The van der Waals surface area contributed by atoms with Crippen molar-refractivity contribution >= 4 is 17.4 Å². The van der Waals surface area contributed by atoms with Crippen LogP contribution in [-0.4, -0.2) is 42.3 Å². The first-order valence-electron chi connectivity index (χ1n) is 8.78. The molecule has 0 atom stereocenters. The molecule has 2 aromatic rings. The second-order valence-corrected chi connectivity index (χ2v) is 6.00. The highest BCUT2D eigenvalue weighted by Crippen LogP contribution is 2.22. The van der Waals surface area contributed by atoms with Gasteiger partial charge in [-0.1, -0.05) is 13.0 Å². The van der Waals surface area contributed by atoms with Gasteiger partial charge in [0.05, 0.1) is 6.61 Å². The molecule has 9 nitrogen and oxygen atoms in total. The number of rotatable bonds is 9. The number of benzene rings is 1. The number of carbonyl (C=O) groups is 1. The van der Waals surface area contributed by atoms with Crippen molar-refractivity contribution in [2.24, 2.45) is 0 Å². The van der Waals surface area contributed by atoms with Crippen LogP contribution in [0.4, 0.5) is 20.3 Å². The van der Waals surface area contributed by atoms with E-state index >= 15 is 0 Å². The average Bonchev–Trinajstić information content (AvgIpc) is 2.66. The smallest absolute Gasteiger partial charge is 0.387 e. The number of H-pyrrole nitrogens is 1. The number of nitrogen functional groups attached to an aromatic ring is 1. The molecule has 29 heavy (non-hydrogen) atoms. The molecule has 0 saturated heterocycles. The molecule has 158 valence electrons. The van der Waals surface area contributed by atoms with Crippen LogP contribution in [0, 0.1) is 0 Å². The number of hydrogen-bond acceptors (Lipinski definition) is 6. The first kappa shape index (κ1) is 22.1. The largest absolute Gasteiger partial charge is 0.435 e. The molecule has 3 N–H and O–H groups in total. The van der Waals surface area contributed by atoms with Crippen LogP contribution in [0.25, 0.3) is 0 Å². The predicted octanol–water partition coefficient (Wildman–Crippen LogP) is 1.42. The van der Waals surface area contributed by atoms with Crippen molar-refractivity contribution in [2.75, 3.05) is 30.9 Å². The fourth-order valence-electron chi connectivity index (χ4n) is 2.74. The van der Waals surface area contributed by atoms with Gasteiger partial charge >= 0.3 is 12.3 Å². The van der Waals surface area contributed by atoms with Gasteiger partial charge in [-0.25, -0.2) is 4.79 Å². The Hall–Kier alpha value is -3.21. The van der Waals surface area contributed by atoms with Gasteiger partial charge in [-0.2, -0.15) is 8.78 Å². The summed E-state index contributed by atoms with van der Waals surface area (Å²) in [6, 6.07) is 5.14. The van der Waals surface area contributed by atoms with Gasteiger partial charge in [-0.05, 0) is 24.6 Å². The van der Waals surface area contributed by atoms with Crippen LogP contribution in [0.5, 0.6) is 5.75 Å². The third-order valence-electron chi connectivity index (χ3n) is 4.00. The maximum atomic E-state index is 13.1. The number of nitrogens with zero attached hydrogens (tertiary/aromatic N) is 2. The Bertz CT molecular complexity index is 973. The quantitative estimate of drug-likeness (QED) is 0.643. The highest BCUT2D eigenvalue weighted by Gasteiger charge is 2.25. The number of anilines is 2. The number of carbonyl (C=O) groups excluding carboxylic acids is 1. The molecule has 0 bridgehead atoms. The number of hydrogen-bond donors (Lipinski definition) is 2. The summed E-state index contributed by atoms with van der Waals surface area (Å²) in [6.07, 6.45) is 0.564. The molecule has 0 aliphatic heterocycles. The number of aromatic nitrogens is 2. The molecule has 1 aromatic heterocycles. The monoisotopic (exact) mass is 412 g/mol. The maximum Gasteiger partial charge on any atom is 0.387 e. The molecular formula is C18H22F2N4O5. The molecule has 0 aliphatic rings. The van der Waals surface area contributed by atoms with E-state index in [0.29, 0.717) is 6.42 Å². The third kappa shape index (κ3) is 5.19. The topological polar surface area (TPSA) is 120 Å². The fraction of sp³-hybridized carbons (Fsp3) is 0.389. The van der Waals surface area contributed by atoms with Crippen molar-refractivity contribution in [1.82, 2.24) is 9.55 Å². The van der Waals surface area contributed by atoms with Gasteiger partial charge in [0.2, 0.25) is 0 Å². The Morgan fingerprint density at radius 1 is 1.34 bits per heavy atom. The van der Waals surface area contributed by atoms with Crippen molar-refractivity contribution in [2.45, 2.75) is 26.5 Å². The number of methoxy groups -OCH3 is 1. The van der Waals surface area contributed by atoms with Gasteiger partial charge in [-0.3, -0.25) is 24.0 Å². The molecule has 1 aromatic carbocycles. The molecule has 2 rings (SSSR count). The zero-order valence-corrected chi connectivity index (χ0v) is 16.0. The molecule has 0 aliphatic carbocycles. The Morgan fingerprint density at radius 3 is 2.69 bits per heavy atom. The fourth-order valence-corrected chi connectivity index (χ4v) is 2.74. The summed E-state index contributed by atoms with van der Waals surface area (Å²) in [6.45, 7) is -1.00. The third-order valence-corrected chi connectivity index (χ3v) is 4.00. The van der Waals surface area contributed by atoms with Gasteiger partial charge in [0.25, 0.3) is 11.5 Å². The van der Waals surface area contributed by atoms with Crippen LogP contribution < -0.4 is 26.6 Å².